The number of ether oxygens (including phenoxy) is 1. The maximum Gasteiger partial charge on any atom is 0.0615 e. The molecular weight excluding hydrogens is 212 g/mol. The summed E-state index contributed by atoms with van der Waals surface area (Å²) in [5, 5.41) is 3.80. The standard InChI is InChI=1S/C14H28N2O/c1-4-11(10-17-3)15-12-8-13-6-5-7-14(9-12)16(13)2/h11-15H,4-10H2,1-3H3. The molecule has 0 aromatic rings. The van der Waals surface area contributed by atoms with Crippen molar-refractivity contribution in [1.82, 2.24) is 10.2 Å². The molecule has 2 heterocycles. The van der Waals surface area contributed by atoms with Gasteiger partial charge in [0.1, 0.15) is 0 Å². The summed E-state index contributed by atoms with van der Waals surface area (Å²) < 4.78 is 5.28. The maximum absolute atomic E-state index is 5.28. The molecule has 3 nitrogen and oxygen atoms in total. The first-order chi connectivity index (χ1) is 8.24. The number of hydrogen-bond donors (Lipinski definition) is 1. The Hall–Kier alpha value is -0.120. The molecule has 3 atom stereocenters. The van der Waals surface area contributed by atoms with Crippen LogP contribution in [0.4, 0.5) is 0 Å². The van der Waals surface area contributed by atoms with E-state index in [0.29, 0.717) is 12.1 Å². The molecule has 3 unspecified atom stereocenters. The number of rotatable bonds is 5. The molecule has 3 heteroatoms. The van der Waals surface area contributed by atoms with Crippen LogP contribution in [0.5, 0.6) is 0 Å². The van der Waals surface area contributed by atoms with Crippen LogP contribution < -0.4 is 5.32 Å². The largest absolute Gasteiger partial charge is 0.383 e. The number of piperidine rings is 2. The van der Waals surface area contributed by atoms with Gasteiger partial charge < -0.3 is 15.0 Å². The number of methoxy groups -OCH3 is 1. The third-order valence-corrected chi connectivity index (χ3v) is 4.67. The minimum Gasteiger partial charge on any atom is -0.383 e. The second-order valence-corrected chi connectivity index (χ2v) is 5.80. The second kappa shape index (κ2) is 6.17. The first kappa shape index (κ1) is 13.3. The lowest BCUT2D eigenvalue weighted by Gasteiger charge is -2.47. The second-order valence-electron chi connectivity index (χ2n) is 5.80. The Balaban J connectivity index is 1.86. The molecule has 0 spiro atoms. The zero-order chi connectivity index (χ0) is 12.3. The van der Waals surface area contributed by atoms with Crippen molar-refractivity contribution in [3.8, 4) is 0 Å². The minimum absolute atomic E-state index is 0.536. The number of fused-ring (bicyclic) bond motifs is 2. The first-order valence-corrected chi connectivity index (χ1v) is 7.21. The van der Waals surface area contributed by atoms with E-state index in [1.165, 1.54) is 32.1 Å². The highest BCUT2D eigenvalue weighted by Crippen LogP contribution is 2.32. The van der Waals surface area contributed by atoms with Gasteiger partial charge in [0, 0.05) is 31.3 Å². The lowest BCUT2D eigenvalue weighted by molar-refractivity contribution is 0.0414. The summed E-state index contributed by atoms with van der Waals surface area (Å²) in [4.78, 5) is 2.62. The van der Waals surface area contributed by atoms with Crippen LogP contribution >= 0.6 is 0 Å². The van der Waals surface area contributed by atoms with Crippen LogP contribution in [-0.4, -0.2) is 49.8 Å². The van der Waals surface area contributed by atoms with Gasteiger partial charge in [-0.2, -0.15) is 0 Å². The van der Waals surface area contributed by atoms with Gasteiger partial charge in [0.15, 0.2) is 0 Å². The Labute approximate surface area is 106 Å². The van der Waals surface area contributed by atoms with Gasteiger partial charge in [0.25, 0.3) is 0 Å². The third-order valence-electron chi connectivity index (χ3n) is 4.67. The van der Waals surface area contributed by atoms with Crippen molar-refractivity contribution in [3.63, 3.8) is 0 Å². The normalized spacial score (nSPS) is 35.8. The summed E-state index contributed by atoms with van der Waals surface area (Å²) in [5.41, 5.74) is 0. The van der Waals surface area contributed by atoms with E-state index >= 15 is 0 Å². The van der Waals surface area contributed by atoms with E-state index < -0.39 is 0 Å². The van der Waals surface area contributed by atoms with Crippen molar-refractivity contribution >= 4 is 0 Å². The van der Waals surface area contributed by atoms with Crippen LogP contribution in [0, 0.1) is 0 Å². The molecule has 0 saturated carbocycles. The smallest absolute Gasteiger partial charge is 0.0615 e. The van der Waals surface area contributed by atoms with E-state index in [1.807, 2.05) is 0 Å². The van der Waals surface area contributed by atoms with Gasteiger partial charge in [0.05, 0.1) is 6.61 Å². The van der Waals surface area contributed by atoms with Crippen LogP contribution in [-0.2, 0) is 4.74 Å². The Kier molecular flexibility index (Phi) is 4.83. The van der Waals surface area contributed by atoms with Crippen molar-refractivity contribution < 1.29 is 4.74 Å². The molecule has 0 aliphatic carbocycles. The molecule has 1 N–H and O–H groups in total. The highest BCUT2D eigenvalue weighted by molar-refractivity contribution is 4.94. The summed E-state index contributed by atoms with van der Waals surface area (Å²) in [6, 6.07) is 2.89. The number of nitrogens with zero attached hydrogens (tertiary/aromatic N) is 1. The summed E-state index contributed by atoms with van der Waals surface area (Å²) in [7, 11) is 4.12. The average molecular weight is 240 g/mol. The van der Waals surface area contributed by atoms with E-state index in [9.17, 15) is 0 Å². The Morgan fingerprint density at radius 2 is 1.94 bits per heavy atom. The number of nitrogens with one attached hydrogen (secondary N) is 1. The minimum atomic E-state index is 0.536. The van der Waals surface area contributed by atoms with Gasteiger partial charge in [-0.25, -0.2) is 0 Å². The molecule has 2 bridgehead atoms. The molecule has 0 aromatic heterocycles. The zero-order valence-corrected chi connectivity index (χ0v) is 11.6. The fourth-order valence-electron chi connectivity index (χ4n) is 3.57. The highest BCUT2D eigenvalue weighted by atomic mass is 16.5. The monoisotopic (exact) mass is 240 g/mol. The van der Waals surface area contributed by atoms with Gasteiger partial charge in [-0.3, -0.25) is 0 Å². The Morgan fingerprint density at radius 3 is 2.47 bits per heavy atom. The predicted octanol–water partition coefficient (Wildman–Crippen LogP) is 2.02. The third kappa shape index (κ3) is 3.21. The van der Waals surface area contributed by atoms with E-state index in [-0.39, 0.29) is 0 Å². The SMILES string of the molecule is CCC(COC)NC1CC2CCCC(C1)N2C. The van der Waals surface area contributed by atoms with Gasteiger partial charge in [-0.1, -0.05) is 13.3 Å². The zero-order valence-electron chi connectivity index (χ0n) is 11.6. The quantitative estimate of drug-likeness (QED) is 0.795. The highest BCUT2D eigenvalue weighted by Gasteiger charge is 2.36. The van der Waals surface area contributed by atoms with Gasteiger partial charge in [-0.05, 0) is 39.2 Å². The summed E-state index contributed by atoms with van der Waals surface area (Å²) in [6.07, 6.45) is 8.04. The summed E-state index contributed by atoms with van der Waals surface area (Å²) in [5.74, 6) is 0. The predicted molar refractivity (Wildman–Crippen MR) is 71.3 cm³/mol. The van der Waals surface area contributed by atoms with Gasteiger partial charge in [0.2, 0.25) is 0 Å². The molecule has 0 radical (unpaired) electrons. The fourth-order valence-corrected chi connectivity index (χ4v) is 3.57. The van der Waals surface area contributed by atoms with Crippen LogP contribution in [0.1, 0.15) is 45.4 Å². The molecule has 2 rings (SSSR count). The molecule has 2 aliphatic rings. The molecule has 0 amide bonds. The van der Waals surface area contributed by atoms with Crippen LogP contribution in [0.2, 0.25) is 0 Å². The molecule has 0 aromatic carbocycles. The lowest BCUT2D eigenvalue weighted by atomic mass is 9.82. The topological polar surface area (TPSA) is 24.5 Å². The van der Waals surface area contributed by atoms with Crippen molar-refractivity contribution in [1.29, 1.82) is 0 Å². The summed E-state index contributed by atoms with van der Waals surface area (Å²) in [6.45, 7) is 3.09. The lowest BCUT2D eigenvalue weighted by Crippen LogP contribution is -2.56. The van der Waals surface area contributed by atoms with E-state index in [0.717, 1.165) is 25.1 Å². The van der Waals surface area contributed by atoms with E-state index in [4.69, 9.17) is 4.74 Å². The molecule has 2 fully saturated rings. The van der Waals surface area contributed by atoms with Crippen molar-refractivity contribution in [2.45, 2.75) is 69.6 Å². The van der Waals surface area contributed by atoms with Crippen molar-refractivity contribution in [3.05, 3.63) is 0 Å². The molecular formula is C14H28N2O. The summed E-state index contributed by atoms with van der Waals surface area (Å²) >= 11 is 0. The molecule has 100 valence electrons. The average Bonchev–Trinajstić information content (AvgIpc) is 2.29. The molecule has 2 saturated heterocycles. The van der Waals surface area contributed by atoms with Crippen molar-refractivity contribution in [2.24, 2.45) is 0 Å². The van der Waals surface area contributed by atoms with E-state index in [1.54, 1.807) is 7.11 Å². The maximum atomic E-state index is 5.28. The van der Waals surface area contributed by atoms with Crippen LogP contribution in [0.3, 0.4) is 0 Å². The fraction of sp³-hybridized carbons (Fsp3) is 1.00. The van der Waals surface area contributed by atoms with Crippen LogP contribution in [0.25, 0.3) is 0 Å². The Bertz CT molecular complexity index is 220. The van der Waals surface area contributed by atoms with Gasteiger partial charge in [-0.15, -0.1) is 0 Å². The molecule has 2 aliphatic heterocycles. The van der Waals surface area contributed by atoms with E-state index in [2.05, 4.69) is 24.2 Å². The van der Waals surface area contributed by atoms with Crippen molar-refractivity contribution in [2.75, 3.05) is 20.8 Å². The number of hydrogen-bond acceptors (Lipinski definition) is 3. The van der Waals surface area contributed by atoms with Crippen LogP contribution in [0.15, 0.2) is 0 Å². The first-order valence-electron chi connectivity index (χ1n) is 7.21. The Morgan fingerprint density at radius 1 is 1.29 bits per heavy atom. The van der Waals surface area contributed by atoms with Gasteiger partial charge >= 0.3 is 0 Å². The molecule has 17 heavy (non-hydrogen) atoms.